The van der Waals surface area contributed by atoms with E-state index in [1.807, 2.05) is 31.2 Å². The normalized spacial score (nSPS) is 12.5. The molecule has 106 valence electrons. The average Bonchev–Trinajstić information content (AvgIpc) is 2.49. The Morgan fingerprint density at radius 3 is 2.81 bits per heavy atom. The summed E-state index contributed by atoms with van der Waals surface area (Å²) in [7, 11) is 0. The van der Waals surface area contributed by atoms with Gasteiger partial charge >= 0.3 is 0 Å². The summed E-state index contributed by atoms with van der Waals surface area (Å²) >= 11 is 6.31. The molecule has 0 saturated carbocycles. The maximum atomic E-state index is 6.41. The van der Waals surface area contributed by atoms with Crippen molar-refractivity contribution in [2.24, 2.45) is 5.73 Å². The smallest absolute Gasteiger partial charge is 0.0705 e. The first-order chi connectivity index (χ1) is 10.1. The quantitative estimate of drug-likeness (QED) is 0.776. The SMILES string of the molecule is Cc1ccc(CC(N)c2cccc3ncccc23)c(Cl)c1. The molecule has 1 aromatic heterocycles. The molecule has 0 bridgehead atoms. The second-order valence-corrected chi connectivity index (χ2v) is 5.73. The predicted molar refractivity (Wildman–Crippen MR) is 88.6 cm³/mol. The van der Waals surface area contributed by atoms with Crippen molar-refractivity contribution < 1.29 is 0 Å². The van der Waals surface area contributed by atoms with E-state index in [1.54, 1.807) is 6.20 Å². The van der Waals surface area contributed by atoms with Crippen LogP contribution in [0.15, 0.2) is 54.7 Å². The number of aryl methyl sites for hydroxylation is 1. The van der Waals surface area contributed by atoms with Crippen LogP contribution in [0.5, 0.6) is 0 Å². The molecule has 3 heteroatoms. The van der Waals surface area contributed by atoms with Gasteiger partial charge in [0.15, 0.2) is 0 Å². The molecular weight excluding hydrogens is 280 g/mol. The van der Waals surface area contributed by atoms with Gasteiger partial charge in [-0.05, 0) is 48.2 Å². The number of benzene rings is 2. The van der Waals surface area contributed by atoms with E-state index in [0.29, 0.717) is 6.42 Å². The molecule has 0 spiro atoms. The highest BCUT2D eigenvalue weighted by atomic mass is 35.5. The Kier molecular flexibility index (Phi) is 3.91. The van der Waals surface area contributed by atoms with Gasteiger partial charge in [-0.25, -0.2) is 0 Å². The van der Waals surface area contributed by atoms with E-state index in [-0.39, 0.29) is 6.04 Å². The van der Waals surface area contributed by atoms with E-state index in [2.05, 4.69) is 29.2 Å². The first-order valence-electron chi connectivity index (χ1n) is 6.99. The Balaban J connectivity index is 1.95. The van der Waals surface area contributed by atoms with Crippen LogP contribution in [-0.4, -0.2) is 4.98 Å². The highest BCUT2D eigenvalue weighted by Gasteiger charge is 2.12. The van der Waals surface area contributed by atoms with Crippen LogP contribution >= 0.6 is 11.6 Å². The molecule has 0 saturated heterocycles. The first-order valence-corrected chi connectivity index (χ1v) is 7.37. The molecular formula is C18H17ClN2. The molecule has 1 atom stereocenters. The van der Waals surface area contributed by atoms with E-state index in [4.69, 9.17) is 17.3 Å². The highest BCUT2D eigenvalue weighted by Crippen LogP contribution is 2.27. The molecule has 2 nitrogen and oxygen atoms in total. The molecule has 0 radical (unpaired) electrons. The Bertz CT molecular complexity index is 778. The number of rotatable bonds is 3. The van der Waals surface area contributed by atoms with Gasteiger partial charge in [0, 0.05) is 22.6 Å². The van der Waals surface area contributed by atoms with Crippen LogP contribution in [-0.2, 0) is 6.42 Å². The monoisotopic (exact) mass is 296 g/mol. The maximum absolute atomic E-state index is 6.41. The number of aromatic nitrogens is 1. The molecule has 1 unspecified atom stereocenters. The van der Waals surface area contributed by atoms with Gasteiger partial charge in [0.05, 0.1) is 5.52 Å². The van der Waals surface area contributed by atoms with Crippen LogP contribution in [0, 0.1) is 6.92 Å². The molecule has 0 aliphatic carbocycles. The average molecular weight is 297 g/mol. The zero-order chi connectivity index (χ0) is 14.8. The lowest BCUT2D eigenvalue weighted by molar-refractivity contribution is 0.728. The number of nitrogens with two attached hydrogens (primary N) is 1. The molecule has 0 fully saturated rings. The van der Waals surface area contributed by atoms with E-state index >= 15 is 0 Å². The Hall–Kier alpha value is -1.90. The minimum atomic E-state index is -0.0990. The summed E-state index contributed by atoms with van der Waals surface area (Å²) in [6.45, 7) is 2.03. The van der Waals surface area contributed by atoms with Gasteiger partial charge in [-0.3, -0.25) is 4.98 Å². The summed E-state index contributed by atoms with van der Waals surface area (Å²) in [4.78, 5) is 4.38. The summed E-state index contributed by atoms with van der Waals surface area (Å²) in [5.41, 5.74) is 10.7. The van der Waals surface area contributed by atoms with Crippen LogP contribution in [0.2, 0.25) is 5.02 Å². The standard InChI is InChI=1S/C18H17ClN2/c1-12-7-8-13(16(19)10-12)11-17(20)14-4-2-6-18-15(14)5-3-9-21-18/h2-10,17H,11,20H2,1H3. The van der Waals surface area contributed by atoms with Crippen LogP contribution in [0.4, 0.5) is 0 Å². The lowest BCUT2D eigenvalue weighted by Gasteiger charge is -2.15. The molecule has 3 rings (SSSR count). The van der Waals surface area contributed by atoms with Crippen molar-refractivity contribution in [3.8, 4) is 0 Å². The lowest BCUT2D eigenvalue weighted by atomic mass is 9.96. The van der Waals surface area contributed by atoms with Crippen molar-refractivity contribution in [1.82, 2.24) is 4.98 Å². The Labute approximate surface area is 129 Å². The number of hydrogen-bond donors (Lipinski definition) is 1. The Morgan fingerprint density at radius 2 is 2.00 bits per heavy atom. The highest BCUT2D eigenvalue weighted by molar-refractivity contribution is 6.31. The summed E-state index contributed by atoms with van der Waals surface area (Å²) in [6.07, 6.45) is 2.52. The van der Waals surface area contributed by atoms with Gasteiger partial charge < -0.3 is 5.73 Å². The van der Waals surface area contributed by atoms with Crippen molar-refractivity contribution >= 4 is 22.5 Å². The predicted octanol–water partition coefficient (Wildman–Crippen LogP) is 4.44. The third-order valence-corrected chi connectivity index (χ3v) is 4.08. The van der Waals surface area contributed by atoms with Gasteiger partial charge in [-0.1, -0.05) is 41.9 Å². The van der Waals surface area contributed by atoms with Crippen LogP contribution in [0.1, 0.15) is 22.7 Å². The van der Waals surface area contributed by atoms with Crippen LogP contribution < -0.4 is 5.73 Å². The van der Waals surface area contributed by atoms with Gasteiger partial charge in [0.2, 0.25) is 0 Å². The fraction of sp³-hybridized carbons (Fsp3) is 0.167. The van der Waals surface area contributed by atoms with E-state index in [9.17, 15) is 0 Å². The van der Waals surface area contributed by atoms with Gasteiger partial charge in [0.25, 0.3) is 0 Å². The second kappa shape index (κ2) is 5.84. The minimum absolute atomic E-state index is 0.0990. The Morgan fingerprint density at radius 1 is 1.14 bits per heavy atom. The topological polar surface area (TPSA) is 38.9 Å². The third-order valence-electron chi connectivity index (χ3n) is 3.73. The fourth-order valence-corrected chi connectivity index (χ4v) is 2.93. The zero-order valence-corrected chi connectivity index (χ0v) is 12.6. The van der Waals surface area contributed by atoms with Crippen LogP contribution in [0.3, 0.4) is 0 Å². The van der Waals surface area contributed by atoms with Crippen molar-refractivity contribution in [2.45, 2.75) is 19.4 Å². The fourth-order valence-electron chi connectivity index (χ4n) is 2.62. The molecule has 0 aliphatic heterocycles. The van der Waals surface area contributed by atoms with Crippen LogP contribution in [0.25, 0.3) is 10.9 Å². The third kappa shape index (κ3) is 2.92. The number of halogens is 1. The van der Waals surface area contributed by atoms with E-state index < -0.39 is 0 Å². The second-order valence-electron chi connectivity index (χ2n) is 5.32. The molecule has 0 aliphatic rings. The molecule has 0 amide bonds. The summed E-state index contributed by atoms with van der Waals surface area (Å²) in [5.74, 6) is 0. The molecule has 21 heavy (non-hydrogen) atoms. The van der Waals surface area contributed by atoms with Crippen molar-refractivity contribution in [1.29, 1.82) is 0 Å². The van der Waals surface area contributed by atoms with Crippen molar-refractivity contribution in [3.63, 3.8) is 0 Å². The lowest BCUT2D eigenvalue weighted by Crippen LogP contribution is -2.14. The van der Waals surface area contributed by atoms with Gasteiger partial charge in [-0.2, -0.15) is 0 Å². The number of nitrogens with zero attached hydrogens (tertiary/aromatic N) is 1. The summed E-state index contributed by atoms with van der Waals surface area (Å²) < 4.78 is 0. The number of hydrogen-bond acceptors (Lipinski definition) is 2. The van der Waals surface area contributed by atoms with Gasteiger partial charge in [-0.15, -0.1) is 0 Å². The largest absolute Gasteiger partial charge is 0.324 e. The van der Waals surface area contributed by atoms with Crippen molar-refractivity contribution in [3.05, 3.63) is 76.4 Å². The van der Waals surface area contributed by atoms with E-state index in [1.165, 1.54) is 0 Å². The molecule has 3 aromatic rings. The first kappa shape index (κ1) is 14.1. The molecule has 2 N–H and O–H groups in total. The number of fused-ring (bicyclic) bond motifs is 1. The van der Waals surface area contributed by atoms with E-state index in [0.717, 1.165) is 32.6 Å². The molecule has 1 heterocycles. The maximum Gasteiger partial charge on any atom is 0.0705 e. The summed E-state index contributed by atoms with van der Waals surface area (Å²) in [6, 6.07) is 16.1. The van der Waals surface area contributed by atoms with Gasteiger partial charge in [0.1, 0.15) is 0 Å². The summed E-state index contributed by atoms with van der Waals surface area (Å²) in [5, 5.41) is 1.89. The number of pyridine rings is 1. The molecule has 2 aromatic carbocycles. The minimum Gasteiger partial charge on any atom is -0.324 e. The van der Waals surface area contributed by atoms with Crippen molar-refractivity contribution in [2.75, 3.05) is 0 Å². The zero-order valence-electron chi connectivity index (χ0n) is 11.9.